The predicted molar refractivity (Wildman–Crippen MR) is 155 cm³/mol. The van der Waals surface area contributed by atoms with Gasteiger partial charge in [0.15, 0.2) is 8.32 Å². The normalized spacial score (nSPS) is 12.2. The molecule has 40 heavy (non-hydrogen) atoms. The first-order valence-corrected chi connectivity index (χ1v) is 17.6. The van der Waals surface area contributed by atoms with Crippen LogP contribution in [-0.2, 0) is 47.1 Å². The number of likely N-dealkylation sites (N-methyl/N-ethyl adjacent to an activating group) is 1. The van der Waals surface area contributed by atoms with Gasteiger partial charge in [0.05, 0.1) is 112 Å². The Kier molecular flexibility index (Phi) is 25.2. The summed E-state index contributed by atoms with van der Waals surface area (Å²) >= 11 is 0. The molecule has 0 aromatic carbocycles. The lowest BCUT2D eigenvalue weighted by atomic mass is 10.2. The van der Waals surface area contributed by atoms with Gasteiger partial charge in [-0.15, -0.1) is 0 Å². The minimum Gasteiger partial charge on any atom is -0.444 e. The van der Waals surface area contributed by atoms with Crippen molar-refractivity contribution in [2.75, 3.05) is 126 Å². The van der Waals surface area contributed by atoms with Crippen LogP contribution in [0.5, 0.6) is 0 Å². The van der Waals surface area contributed by atoms with Crippen molar-refractivity contribution in [1.82, 2.24) is 4.90 Å². The highest BCUT2D eigenvalue weighted by Crippen LogP contribution is 2.08. The quantitative estimate of drug-likeness (QED) is 0.0977. The molecule has 0 rings (SSSR count). The molecule has 0 N–H and O–H groups in total. The molecule has 1 amide bonds. The van der Waals surface area contributed by atoms with Gasteiger partial charge in [-0.25, -0.2) is 4.79 Å². The van der Waals surface area contributed by atoms with E-state index >= 15 is 0 Å². The Balaban J connectivity index is 3.18. The highest BCUT2D eigenvalue weighted by molar-refractivity contribution is 6.69. The van der Waals surface area contributed by atoms with Crippen molar-refractivity contribution in [3.63, 3.8) is 0 Å². The first kappa shape index (κ1) is 39.1. The first-order chi connectivity index (χ1) is 19.0. The van der Waals surface area contributed by atoms with Gasteiger partial charge in [-0.05, 0) is 40.4 Å². The van der Waals surface area contributed by atoms with E-state index in [1.165, 1.54) is 4.90 Å². The maximum atomic E-state index is 11.8. The average molecular weight is 600 g/mol. The zero-order valence-corrected chi connectivity index (χ0v) is 27.2. The third-order valence-electron chi connectivity index (χ3n) is 4.64. The van der Waals surface area contributed by atoms with E-state index in [0.29, 0.717) is 119 Å². The Hall–Kier alpha value is -0.873. The van der Waals surface area contributed by atoms with Crippen molar-refractivity contribution < 1.29 is 51.9 Å². The number of ether oxygens (including phenoxy) is 9. The van der Waals surface area contributed by atoms with Crippen molar-refractivity contribution in [2.24, 2.45) is 0 Å². The van der Waals surface area contributed by atoms with E-state index in [9.17, 15) is 4.79 Å². The molecule has 0 atom stereocenters. The van der Waals surface area contributed by atoms with E-state index in [1.54, 1.807) is 7.05 Å². The standard InChI is InChI=1S/C27H57NO11Si/c1-27(2,3)39-26(29)28(4)8-9-30-10-11-31-12-13-32-14-15-33-16-17-34-18-19-35-20-21-36-22-23-37-24-25-38-40(5,6)7/h8-25H2,1-7H3. The largest absolute Gasteiger partial charge is 0.444 e. The summed E-state index contributed by atoms with van der Waals surface area (Å²) in [5, 5.41) is 0. The number of hydrogen-bond acceptors (Lipinski definition) is 11. The molecular formula is C27H57NO11Si. The number of rotatable bonds is 28. The molecular weight excluding hydrogens is 542 g/mol. The van der Waals surface area contributed by atoms with Gasteiger partial charge in [0.25, 0.3) is 0 Å². The summed E-state index contributed by atoms with van der Waals surface area (Å²) in [5.74, 6) is 0. The summed E-state index contributed by atoms with van der Waals surface area (Å²) in [4.78, 5) is 13.3. The summed E-state index contributed by atoms with van der Waals surface area (Å²) < 4.78 is 54.7. The number of carbonyl (C=O) groups excluding carboxylic acids is 1. The van der Waals surface area contributed by atoms with Gasteiger partial charge in [0, 0.05) is 13.6 Å². The van der Waals surface area contributed by atoms with Gasteiger partial charge in [0.2, 0.25) is 0 Å². The Morgan fingerprint density at radius 3 is 1.07 bits per heavy atom. The Morgan fingerprint density at radius 2 is 0.800 bits per heavy atom. The van der Waals surface area contributed by atoms with Crippen LogP contribution in [0.15, 0.2) is 0 Å². The van der Waals surface area contributed by atoms with Crippen LogP contribution in [0.2, 0.25) is 19.6 Å². The Labute approximate surface area is 243 Å². The molecule has 0 aromatic rings. The van der Waals surface area contributed by atoms with E-state index in [2.05, 4.69) is 19.6 Å². The maximum Gasteiger partial charge on any atom is 0.410 e. The molecule has 0 aliphatic heterocycles. The number of nitrogens with zero attached hydrogens (tertiary/aromatic N) is 1. The highest BCUT2D eigenvalue weighted by Gasteiger charge is 2.19. The monoisotopic (exact) mass is 599 g/mol. The van der Waals surface area contributed by atoms with E-state index < -0.39 is 13.9 Å². The zero-order chi connectivity index (χ0) is 30.0. The minimum atomic E-state index is -1.45. The van der Waals surface area contributed by atoms with Crippen molar-refractivity contribution in [2.45, 2.75) is 46.0 Å². The Bertz CT molecular complexity index is 574. The fourth-order valence-corrected chi connectivity index (χ4v) is 3.38. The third kappa shape index (κ3) is 31.7. The van der Waals surface area contributed by atoms with E-state index in [4.69, 9.17) is 47.1 Å². The summed E-state index contributed by atoms with van der Waals surface area (Å²) in [6.45, 7) is 21.2. The van der Waals surface area contributed by atoms with Gasteiger partial charge < -0.3 is 52.0 Å². The second-order valence-corrected chi connectivity index (χ2v) is 15.3. The molecule has 0 saturated heterocycles. The Morgan fingerprint density at radius 1 is 0.525 bits per heavy atom. The molecule has 0 aromatic heterocycles. The molecule has 0 heterocycles. The van der Waals surface area contributed by atoms with E-state index in [0.717, 1.165) is 0 Å². The lowest BCUT2D eigenvalue weighted by Crippen LogP contribution is -2.36. The second kappa shape index (κ2) is 25.8. The van der Waals surface area contributed by atoms with Crippen LogP contribution in [0.4, 0.5) is 4.79 Å². The molecule has 0 fully saturated rings. The summed E-state index contributed by atoms with van der Waals surface area (Å²) in [5.41, 5.74) is -0.504. The SMILES string of the molecule is CN(CCOCCOCCOCCOCCOCCOCCOCCOCCO[Si](C)(C)C)C(=O)OC(C)(C)C. The number of carbonyl (C=O) groups is 1. The van der Waals surface area contributed by atoms with Crippen LogP contribution < -0.4 is 0 Å². The van der Waals surface area contributed by atoms with Crippen LogP contribution in [-0.4, -0.2) is 151 Å². The smallest absolute Gasteiger partial charge is 0.410 e. The van der Waals surface area contributed by atoms with Crippen LogP contribution in [0.25, 0.3) is 0 Å². The lowest BCUT2D eigenvalue weighted by Gasteiger charge is -2.24. The summed E-state index contributed by atoms with van der Waals surface area (Å²) in [6, 6.07) is 0. The van der Waals surface area contributed by atoms with Gasteiger partial charge in [-0.2, -0.15) is 0 Å². The van der Waals surface area contributed by atoms with Crippen LogP contribution in [0, 0.1) is 0 Å². The molecule has 0 bridgehead atoms. The maximum absolute atomic E-state index is 11.8. The second-order valence-electron chi connectivity index (χ2n) is 10.8. The lowest BCUT2D eigenvalue weighted by molar-refractivity contribution is -0.0241. The third-order valence-corrected chi connectivity index (χ3v) is 5.71. The van der Waals surface area contributed by atoms with Gasteiger partial charge in [-0.1, -0.05) is 0 Å². The topological polar surface area (TPSA) is 113 Å². The molecule has 240 valence electrons. The fourth-order valence-electron chi connectivity index (χ4n) is 2.68. The van der Waals surface area contributed by atoms with Crippen LogP contribution in [0.1, 0.15) is 20.8 Å². The molecule has 13 heteroatoms. The molecule has 0 aliphatic carbocycles. The average Bonchev–Trinajstić information content (AvgIpc) is 2.86. The highest BCUT2D eigenvalue weighted by atomic mass is 28.4. The first-order valence-electron chi connectivity index (χ1n) is 14.2. The molecule has 0 aliphatic rings. The molecule has 12 nitrogen and oxygen atoms in total. The minimum absolute atomic E-state index is 0.360. The molecule has 0 radical (unpaired) electrons. The molecule has 0 unspecified atom stereocenters. The van der Waals surface area contributed by atoms with Gasteiger partial charge in [-0.3, -0.25) is 0 Å². The predicted octanol–water partition coefficient (Wildman–Crippen LogP) is 2.84. The molecule has 0 spiro atoms. The van der Waals surface area contributed by atoms with Crippen molar-refractivity contribution >= 4 is 14.4 Å². The van der Waals surface area contributed by atoms with Crippen molar-refractivity contribution in [3.05, 3.63) is 0 Å². The summed E-state index contributed by atoms with van der Waals surface area (Å²) in [6.07, 6.45) is -0.360. The van der Waals surface area contributed by atoms with Crippen molar-refractivity contribution in [3.8, 4) is 0 Å². The number of amides is 1. The van der Waals surface area contributed by atoms with Gasteiger partial charge in [0.1, 0.15) is 5.60 Å². The summed E-state index contributed by atoms with van der Waals surface area (Å²) in [7, 11) is 0.233. The van der Waals surface area contributed by atoms with Crippen LogP contribution >= 0.6 is 0 Å². The van der Waals surface area contributed by atoms with Gasteiger partial charge >= 0.3 is 6.09 Å². The van der Waals surface area contributed by atoms with Crippen LogP contribution in [0.3, 0.4) is 0 Å². The van der Waals surface area contributed by atoms with E-state index in [-0.39, 0.29) is 6.09 Å². The zero-order valence-electron chi connectivity index (χ0n) is 26.2. The number of hydrogen-bond donors (Lipinski definition) is 0. The van der Waals surface area contributed by atoms with Crippen molar-refractivity contribution in [1.29, 1.82) is 0 Å². The fraction of sp³-hybridized carbons (Fsp3) is 0.963. The molecule has 0 saturated carbocycles. The van der Waals surface area contributed by atoms with E-state index in [1.807, 2.05) is 20.8 Å².